The second-order valence-corrected chi connectivity index (χ2v) is 10.6. The summed E-state index contributed by atoms with van der Waals surface area (Å²) in [5.74, 6) is 1.20. The second kappa shape index (κ2) is 11.4. The number of imidazole rings is 1. The molecule has 3 aromatic rings. The number of aliphatic hydroxyl groups excluding tert-OH is 1. The Balaban J connectivity index is 1.69. The number of aromatic nitrogens is 2. The van der Waals surface area contributed by atoms with E-state index in [1.807, 2.05) is 6.92 Å². The van der Waals surface area contributed by atoms with Gasteiger partial charge in [0.05, 0.1) is 39.3 Å². The lowest BCUT2D eigenvalue weighted by atomic mass is 10.2. The molecular formula is C22H23Cl3N2O5S. The summed E-state index contributed by atoms with van der Waals surface area (Å²) in [5, 5.41) is 10.4. The molecule has 0 saturated heterocycles. The van der Waals surface area contributed by atoms with Crippen molar-refractivity contribution < 1.29 is 23.0 Å². The minimum Gasteiger partial charge on any atom is -0.492 e. The standard InChI is InChI=1S/C22H23Cl3N2O5S/c1-15(10-23)12-31-21-4-2-17(8-19(21)24)33(29,30)18-3-5-22(20(25)9-18)32-13-16(28)11-27-7-6-26-14-27/h2-9,14-16,28H,10-13H2,1H3/t15-,16+/m0/s1. The third-order valence-electron chi connectivity index (χ3n) is 4.63. The highest BCUT2D eigenvalue weighted by Gasteiger charge is 2.21. The zero-order valence-electron chi connectivity index (χ0n) is 17.7. The first kappa shape index (κ1) is 25.6. The zero-order chi connectivity index (χ0) is 24.0. The van der Waals surface area contributed by atoms with Crippen molar-refractivity contribution in [3.05, 3.63) is 65.2 Å². The van der Waals surface area contributed by atoms with Gasteiger partial charge in [-0.1, -0.05) is 30.1 Å². The van der Waals surface area contributed by atoms with Crippen LogP contribution in [0.2, 0.25) is 10.0 Å². The third-order valence-corrected chi connectivity index (χ3v) is 7.49. The molecule has 3 rings (SSSR count). The first-order valence-corrected chi connectivity index (χ1v) is 12.8. The van der Waals surface area contributed by atoms with Gasteiger partial charge in [0.15, 0.2) is 0 Å². The van der Waals surface area contributed by atoms with Crippen LogP contribution >= 0.6 is 34.8 Å². The number of hydrogen-bond donors (Lipinski definition) is 1. The summed E-state index contributed by atoms with van der Waals surface area (Å²) >= 11 is 18.2. The Morgan fingerprint density at radius 2 is 1.61 bits per heavy atom. The number of nitrogens with zero attached hydrogens (tertiary/aromatic N) is 2. The molecular weight excluding hydrogens is 511 g/mol. The monoisotopic (exact) mass is 532 g/mol. The number of hydrogen-bond acceptors (Lipinski definition) is 6. The van der Waals surface area contributed by atoms with E-state index < -0.39 is 15.9 Å². The molecule has 1 N–H and O–H groups in total. The first-order chi connectivity index (χ1) is 15.7. The molecule has 0 fully saturated rings. The van der Waals surface area contributed by atoms with Crippen LogP contribution in [0.15, 0.2) is 64.9 Å². The molecule has 7 nitrogen and oxygen atoms in total. The van der Waals surface area contributed by atoms with E-state index in [0.29, 0.717) is 24.8 Å². The van der Waals surface area contributed by atoms with Crippen molar-refractivity contribution in [3.63, 3.8) is 0 Å². The molecule has 11 heteroatoms. The van der Waals surface area contributed by atoms with Crippen molar-refractivity contribution in [2.24, 2.45) is 5.92 Å². The van der Waals surface area contributed by atoms with Gasteiger partial charge in [0.1, 0.15) is 24.2 Å². The number of sulfone groups is 1. The summed E-state index contributed by atoms with van der Waals surface area (Å²) in [5.41, 5.74) is 0. The molecule has 0 radical (unpaired) electrons. The maximum Gasteiger partial charge on any atom is 0.206 e. The number of alkyl halides is 1. The van der Waals surface area contributed by atoms with Crippen LogP contribution in [0.3, 0.4) is 0 Å². The SMILES string of the molecule is C[C@@H](CCl)COc1ccc(S(=O)(=O)c2ccc(OC[C@H](O)Cn3ccnc3)c(Cl)c2)cc1Cl. The van der Waals surface area contributed by atoms with Gasteiger partial charge in [-0.25, -0.2) is 13.4 Å². The van der Waals surface area contributed by atoms with Crippen molar-refractivity contribution in [2.75, 3.05) is 19.1 Å². The molecule has 0 amide bonds. The molecule has 1 heterocycles. The normalized spacial score (nSPS) is 13.5. The van der Waals surface area contributed by atoms with Crippen LogP contribution in [0.4, 0.5) is 0 Å². The Labute approximate surface area is 207 Å². The van der Waals surface area contributed by atoms with Gasteiger partial charge in [-0.3, -0.25) is 0 Å². The minimum atomic E-state index is -3.88. The molecule has 0 saturated carbocycles. The lowest BCUT2D eigenvalue weighted by molar-refractivity contribution is 0.0925. The summed E-state index contributed by atoms with van der Waals surface area (Å²) in [6, 6.07) is 8.41. The quantitative estimate of drug-likeness (QED) is 0.359. The smallest absolute Gasteiger partial charge is 0.206 e. The fourth-order valence-electron chi connectivity index (χ4n) is 2.82. The van der Waals surface area contributed by atoms with Gasteiger partial charge in [-0.15, -0.1) is 11.6 Å². The van der Waals surface area contributed by atoms with Gasteiger partial charge < -0.3 is 19.1 Å². The highest BCUT2D eigenvalue weighted by Crippen LogP contribution is 2.33. The summed E-state index contributed by atoms with van der Waals surface area (Å²) in [6.07, 6.45) is 4.12. The Morgan fingerprint density at radius 1 is 1.03 bits per heavy atom. The zero-order valence-corrected chi connectivity index (χ0v) is 20.8. The van der Waals surface area contributed by atoms with E-state index in [-0.39, 0.29) is 38.1 Å². The van der Waals surface area contributed by atoms with Gasteiger partial charge in [0.25, 0.3) is 0 Å². The van der Waals surface area contributed by atoms with E-state index in [9.17, 15) is 13.5 Å². The summed E-state index contributed by atoms with van der Waals surface area (Å²) in [4.78, 5) is 3.90. The van der Waals surface area contributed by atoms with Crippen LogP contribution in [0, 0.1) is 5.92 Å². The van der Waals surface area contributed by atoms with Gasteiger partial charge in [0.2, 0.25) is 9.84 Å². The average Bonchev–Trinajstić information content (AvgIpc) is 3.30. The minimum absolute atomic E-state index is 0.00531. The van der Waals surface area contributed by atoms with Crippen molar-refractivity contribution in [1.82, 2.24) is 9.55 Å². The molecule has 2 aromatic carbocycles. The number of benzene rings is 2. The molecule has 178 valence electrons. The highest BCUT2D eigenvalue weighted by atomic mass is 35.5. The topological polar surface area (TPSA) is 90.7 Å². The molecule has 1 aromatic heterocycles. The predicted octanol–water partition coefficient (Wildman–Crippen LogP) is 4.72. The third kappa shape index (κ3) is 6.77. The van der Waals surface area contributed by atoms with Crippen molar-refractivity contribution in [3.8, 4) is 11.5 Å². The molecule has 0 aliphatic rings. The molecule has 0 bridgehead atoms. The maximum absolute atomic E-state index is 13.1. The van der Waals surface area contributed by atoms with Crippen LogP contribution in [0.25, 0.3) is 0 Å². The summed E-state index contributed by atoms with van der Waals surface area (Å²) in [6.45, 7) is 2.57. The van der Waals surface area contributed by atoms with Gasteiger partial charge in [-0.2, -0.15) is 0 Å². The molecule has 0 unspecified atom stereocenters. The van der Waals surface area contributed by atoms with E-state index in [4.69, 9.17) is 44.3 Å². The van der Waals surface area contributed by atoms with Crippen molar-refractivity contribution in [2.45, 2.75) is 29.4 Å². The first-order valence-electron chi connectivity index (χ1n) is 10.00. The molecule has 33 heavy (non-hydrogen) atoms. The fraction of sp³-hybridized carbons (Fsp3) is 0.318. The lowest BCUT2D eigenvalue weighted by Crippen LogP contribution is -2.23. The lowest BCUT2D eigenvalue weighted by Gasteiger charge is -2.15. The van der Waals surface area contributed by atoms with Crippen molar-refractivity contribution >= 4 is 44.6 Å². The van der Waals surface area contributed by atoms with E-state index in [0.717, 1.165) is 0 Å². The van der Waals surface area contributed by atoms with Crippen LogP contribution < -0.4 is 9.47 Å². The average molecular weight is 534 g/mol. The van der Waals surface area contributed by atoms with E-state index in [2.05, 4.69) is 4.98 Å². The van der Waals surface area contributed by atoms with Crippen LogP contribution in [-0.2, 0) is 16.4 Å². The summed E-state index contributed by atoms with van der Waals surface area (Å²) < 4.78 is 39.0. The highest BCUT2D eigenvalue weighted by molar-refractivity contribution is 7.91. The van der Waals surface area contributed by atoms with E-state index in [1.54, 1.807) is 23.3 Å². The number of halogens is 3. The Kier molecular flexibility index (Phi) is 8.89. The Bertz CT molecular complexity index is 1170. The maximum atomic E-state index is 13.1. The van der Waals surface area contributed by atoms with Crippen LogP contribution in [0.5, 0.6) is 11.5 Å². The molecule has 2 atom stereocenters. The van der Waals surface area contributed by atoms with E-state index in [1.165, 1.54) is 36.4 Å². The van der Waals surface area contributed by atoms with E-state index >= 15 is 0 Å². The van der Waals surface area contributed by atoms with Gasteiger partial charge in [-0.05, 0) is 36.4 Å². The Morgan fingerprint density at radius 3 is 2.09 bits per heavy atom. The molecule has 0 aliphatic heterocycles. The fourth-order valence-corrected chi connectivity index (χ4v) is 4.82. The predicted molar refractivity (Wildman–Crippen MR) is 127 cm³/mol. The summed E-state index contributed by atoms with van der Waals surface area (Å²) in [7, 11) is -3.88. The van der Waals surface area contributed by atoms with Crippen molar-refractivity contribution in [1.29, 1.82) is 0 Å². The second-order valence-electron chi connectivity index (χ2n) is 7.48. The molecule has 0 aliphatic carbocycles. The largest absolute Gasteiger partial charge is 0.492 e. The van der Waals surface area contributed by atoms with Gasteiger partial charge in [0, 0.05) is 24.2 Å². The number of aliphatic hydroxyl groups is 1. The number of ether oxygens (including phenoxy) is 2. The molecule has 0 spiro atoms. The van der Waals surface area contributed by atoms with Crippen LogP contribution in [-0.4, -0.2) is 48.3 Å². The Hall–Kier alpha value is -1.97. The van der Waals surface area contributed by atoms with Gasteiger partial charge >= 0.3 is 0 Å². The number of rotatable bonds is 11. The van der Waals surface area contributed by atoms with Crippen LogP contribution in [0.1, 0.15) is 6.92 Å².